The normalized spacial score (nSPS) is 11.6. The summed E-state index contributed by atoms with van der Waals surface area (Å²) in [6, 6.07) is 12.8. The Morgan fingerprint density at radius 1 is 1.14 bits per heavy atom. The highest BCUT2D eigenvalue weighted by molar-refractivity contribution is 5.80. The van der Waals surface area contributed by atoms with Crippen LogP contribution in [0.25, 0.3) is 11.4 Å². The van der Waals surface area contributed by atoms with Crippen molar-refractivity contribution >= 4 is 5.91 Å². The molecule has 0 spiro atoms. The van der Waals surface area contributed by atoms with E-state index in [0.717, 1.165) is 5.56 Å². The molecule has 0 saturated carbocycles. The summed E-state index contributed by atoms with van der Waals surface area (Å²) in [5.74, 6) is 2.20. The number of carbonyl (C=O) groups is 1. The van der Waals surface area contributed by atoms with E-state index in [9.17, 15) is 4.79 Å². The molecular weight excluding hydrogens is 374 g/mol. The highest BCUT2D eigenvalue weighted by Gasteiger charge is 2.18. The molecule has 0 aliphatic carbocycles. The maximum absolute atomic E-state index is 12.3. The van der Waals surface area contributed by atoms with Crippen molar-refractivity contribution in [2.24, 2.45) is 0 Å². The molecule has 1 heterocycles. The Kier molecular flexibility index (Phi) is 6.33. The van der Waals surface area contributed by atoms with Gasteiger partial charge in [-0.15, -0.1) is 0 Å². The average molecular weight is 397 g/mol. The lowest BCUT2D eigenvalue weighted by Gasteiger charge is -2.14. The lowest BCUT2D eigenvalue weighted by molar-refractivity contribution is -0.127. The van der Waals surface area contributed by atoms with Crippen LogP contribution in [0.1, 0.15) is 18.4 Å². The van der Waals surface area contributed by atoms with E-state index in [2.05, 4.69) is 15.5 Å². The molecule has 0 aliphatic rings. The van der Waals surface area contributed by atoms with E-state index in [1.165, 1.54) is 0 Å². The third-order valence-electron chi connectivity index (χ3n) is 4.20. The zero-order chi connectivity index (χ0) is 20.8. The highest BCUT2D eigenvalue weighted by atomic mass is 16.5. The Morgan fingerprint density at radius 2 is 1.97 bits per heavy atom. The second kappa shape index (κ2) is 9.09. The predicted molar refractivity (Wildman–Crippen MR) is 106 cm³/mol. The molecule has 1 amide bonds. The van der Waals surface area contributed by atoms with Gasteiger partial charge in [0.25, 0.3) is 5.91 Å². The molecule has 0 saturated heterocycles. The van der Waals surface area contributed by atoms with Gasteiger partial charge in [-0.25, -0.2) is 0 Å². The summed E-state index contributed by atoms with van der Waals surface area (Å²) in [5.41, 5.74) is 1.72. The monoisotopic (exact) mass is 397 g/mol. The van der Waals surface area contributed by atoms with Crippen molar-refractivity contribution in [3.05, 3.63) is 53.9 Å². The van der Waals surface area contributed by atoms with Gasteiger partial charge in [-0.1, -0.05) is 17.3 Å². The van der Waals surface area contributed by atoms with E-state index in [1.807, 2.05) is 31.2 Å². The Hall–Kier alpha value is -3.55. The van der Waals surface area contributed by atoms with E-state index in [1.54, 1.807) is 39.3 Å². The summed E-state index contributed by atoms with van der Waals surface area (Å²) in [4.78, 5) is 16.6. The molecule has 152 valence electrons. The number of hydrogen-bond donors (Lipinski definition) is 1. The molecule has 8 heteroatoms. The second-order valence-electron chi connectivity index (χ2n) is 6.37. The molecule has 0 bridgehead atoms. The SMILES string of the molecule is COc1ccc(-c2noc(CNC(=O)[C@@H](C)Oc3cccc(C)c3)n2)c(OC)c1. The number of hydrogen-bond acceptors (Lipinski definition) is 7. The van der Waals surface area contributed by atoms with E-state index < -0.39 is 6.10 Å². The number of amides is 1. The summed E-state index contributed by atoms with van der Waals surface area (Å²) in [6.07, 6.45) is -0.666. The Labute approximate surface area is 168 Å². The molecule has 0 fully saturated rings. The molecule has 29 heavy (non-hydrogen) atoms. The third-order valence-corrected chi connectivity index (χ3v) is 4.20. The van der Waals surface area contributed by atoms with Crippen molar-refractivity contribution in [2.45, 2.75) is 26.5 Å². The number of benzene rings is 2. The molecular formula is C21H23N3O5. The standard InChI is InChI=1S/C21H23N3O5/c1-13-6-5-7-16(10-13)28-14(2)21(25)22-12-19-23-20(24-29-19)17-9-8-15(26-3)11-18(17)27-4/h5-11,14H,12H2,1-4H3,(H,22,25)/t14-/m1/s1. The average Bonchev–Trinajstić information content (AvgIpc) is 3.20. The lowest BCUT2D eigenvalue weighted by atomic mass is 10.2. The van der Waals surface area contributed by atoms with Crippen LogP contribution in [0.3, 0.4) is 0 Å². The minimum Gasteiger partial charge on any atom is -0.497 e. The molecule has 0 aliphatic heterocycles. The van der Waals surface area contributed by atoms with Gasteiger partial charge in [0.05, 0.1) is 26.3 Å². The second-order valence-corrected chi connectivity index (χ2v) is 6.37. The molecule has 3 aromatic rings. The first kappa shape index (κ1) is 20.2. The molecule has 1 N–H and O–H groups in total. The van der Waals surface area contributed by atoms with Crippen LogP contribution in [0.5, 0.6) is 17.2 Å². The maximum Gasteiger partial charge on any atom is 0.261 e. The van der Waals surface area contributed by atoms with Gasteiger partial charge >= 0.3 is 0 Å². The van der Waals surface area contributed by atoms with Crippen molar-refractivity contribution in [2.75, 3.05) is 14.2 Å². The molecule has 8 nitrogen and oxygen atoms in total. The minimum absolute atomic E-state index is 0.0891. The van der Waals surface area contributed by atoms with E-state index in [-0.39, 0.29) is 18.3 Å². The summed E-state index contributed by atoms with van der Waals surface area (Å²) in [7, 11) is 3.13. The van der Waals surface area contributed by atoms with Gasteiger partial charge in [0, 0.05) is 6.07 Å². The number of rotatable bonds is 8. The van der Waals surface area contributed by atoms with Crippen LogP contribution in [-0.2, 0) is 11.3 Å². The summed E-state index contributed by atoms with van der Waals surface area (Å²) >= 11 is 0. The number of aromatic nitrogens is 2. The quantitative estimate of drug-likeness (QED) is 0.624. The van der Waals surface area contributed by atoms with Crippen LogP contribution in [0.2, 0.25) is 0 Å². The predicted octanol–water partition coefficient (Wildman–Crippen LogP) is 3.15. The minimum atomic E-state index is -0.666. The highest BCUT2D eigenvalue weighted by Crippen LogP contribution is 2.31. The van der Waals surface area contributed by atoms with Gasteiger partial charge in [0.15, 0.2) is 6.10 Å². The fourth-order valence-corrected chi connectivity index (χ4v) is 2.67. The molecule has 1 atom stereocenters. The van der Waals surface area contributed by atoms with Gasteiger partial charge in [-0.05, 0) is 43.7 Å². The fraction of sp³-hybridized carbons (Fsp3) is 0.286. The van der Waals surface area contributed by atoms with Crippen molar-refractivity contribution in [3.63, 3.8) is 0 Å². The number of methoxy groups -OCH3 is 2. The Morgan fingerprint density at radius 3 is 2.69 bits per heavy atom. The molecule has 3 rings (SSSR count). The first-order chi connectivity index (χ1) is 14.0. The maximum atomic E-state index is 12.3. The van der Waals surface area contributed by atoms with Crippen molar-refractivity contribution < 1.29 is 23.5 Å². The summed E-state index contributed by atoms with van der Waals surface area (Å²) in [6.45, 7) is 3.73. The largest absolute Gasteiger partial charge is 0.497 e. The van der Waals surface area contributed by atoms with Crippen LogP contribution in [0, 0.1) is 6.92 Å². The van der Waals surface area contributed by atoms with E-state index in [0.29, 0.717) is 28.6 Å². The van der Waals surface area contributed by atoms with Crippen molar-refractivity contribution in [1.82, 2.24) is 15.5 Å². The van der Waals surface area contributed by atoms with E-state index >= 15 is 0 Å². The lowest BCUT2D eigenvalue weighted by Crippen LogP contribution is -2.36. The first-order valence-electron chi connectivity index (χ1n) is 9.06. The Balaban J connectivity index is 1.61. The fourth-order valence-electron chi connectivity index (χ4n) is 2.67. The third kappa shape index (κ3) is 5.04. The van der Waals surface area contributed by atoms with Crippen LogP contribution < -0.4 is 19.5 Å². The van der Waals surface area contributed by atoms with Gasteiger partial charge in [-0.2, -0.15) is 4.98 Å². The van der Waals surface area contributed by atoms with Crippen LogP contribution in [0.4, 0.5) is 0 Å². The summed E-state index contributed by atoms with van der Waals surface area (Å²) in [5, 5.41) is 6.70. The van der Waals surface area contributed by atoms with E-state index in [4.69, 9.17) is 18.7 Å². The molecule has 0 unspecified atom stereocenters. The molecule has 1 aromatic heterocycles. The van der Waals surface area contributed by atoms with Crippen molar-refractivity contribution in [1.29, 1.82) is 0 Å². The topological polar surface area (TPSA) is 95.7 Å². The first-order valence-corrected chi connectivity index (χ1v) is 9.06. The molecule has 2 aromatic carbocycles. The van der Waals surface area contributed by atoms with Crippen molar-refractivity contribution in [3.8, 4) is 28.6 Å². The van der Waals surface area contributed by atoms with Crippen LogP contribution in [0.15, 0.2) is 47.0 Å². The van der Waals surface area contributed by atoms with Crippen LogP contribution in [-0.4, -0.2) is 36.4 Å². The van der Waals surface area contributed by atoms with Gasteiger partial charge in [0.2, 0.25) is 11.7 Å². The summed E-state index contributed by atoms with van der Waals surface area (Å²) < 4.78 is 21.4. The van der Waals surface area contributed by atoms with Gasteiger partial charge < -0.3 is 24.1 Å². The Bertz CT molecular complexity index is 986. The number of nitrogens with zero attached hydrogens (tertiary/aromatic N) is 2. The molecule has 0 radical (unpaired) electrons. The number of carbonyl (C=O) groups excluding carboxylic acids is 1. The van der Waals surface area contributed by atoms with Gasteiger partial charge in [-0.3, -0.25) is 4.79 Å². The number of aryl methyl sites for hydroxylation is 1. The van der Waals surface area contributed by atoms with Gasteiger partial charge in [0.1, 0.15) is 17.2 Å². The number of nitrogens with one attached hydrogen (secondary N) is 1. The number of ether oxygens (including phenoxy) is 3. The smallest absolute Gasteiger partial charge is 0.261 e. The zero-order valence-corrected chi connectivity index (χ0v) is 16.8. The van der Waals surface area contributed by atoms with Crippen LogP contribution >= 0.6 is 0 Å². The zero-order valence-electron chi connectivity index (χ0n) is 16.8.